The van der Waals surface area contributed by atoms with Gasteiger partial charge in [0.15, 0.2) is 6.10 Å². The maximum atomic E-state index is 12.9. The zero-order chi connectivity index (χ0) is 69.7. The molecule has 0 aromatic carbocycles. The third-order valence-corrected chi connectivity index (χ3v) is 16.3. The largest absolute Gasteiger partial charge is 0.472 e. The van der Waals surface area contributed by atoms with Gasteiger partial charge in [0.05, 0.1) is 27.7 Å². The fourth-order valence-electron chi connectivity index (χ4n) is 9.61. The molecule has 0 aliphatic carbocycles. The Morgan fingerprint density at radius 3 is 0.844 bits per heavy atom. The van der Waals surface area contributed by atoms with Crippen LogP contribution in [0.2, 0.25) is 0 Å². The molecule has 0 heterocycles. The van der Waals surface area contributed by atoms with E-state index in [9.17, 15) is 19.0 Å². The van der Waals surface area contributed by atoms with E-state index in [-0.39, 0.29) is 32.0 Å². The summed E-state index contributed by atoms with van der Waals surface area (Å²) in [5.74, 6) is -0.846. The van der Waals surface area contributed by atoms with Crippen molar-refractivity contribution in [3.05, 3.63) is 207 Å². The van der Waals surface area contributed by atoms with Crippen molar-refractivity contribution in [2.24, 2.45) is 0 Å². The number of phosphoric ester groups is 1. The molecule has 540 valence electrons. The van der Waals surface area contributed by atoms with E-state index < -0.39 is 26.5 Å². The molecule has 0 saturated heterocycles. The number of likely N-dealkylation sites (N-methyl/N-ethyl adjacent to an activating group) is 1. The smallest absolute Gasteiger partial charge is 0.462 e. The number of nitrogens with zero attached hydrogens (tertiary/aromatic N) is 1. The normalized spacial score (nSPS) is 14.3. The summed E-state index contributed by atoms with van der Waals surface area (Å²) in [6.07, 6.45) is 117. The van der Waals surface area contributed by atoms with Crippen molar-refractivity contribution in [2.45, 2.75) is 277 Å². The molecular formula is C86H139NO8P+. The molecule has 0 aliphatic heterocycles. The first kappa shape index (κ1) is 90.6. The number of carbonyl (C=O) groups excluding carboxylic acids is 2. The van der Waals surface area contributed by atoms with Crippen LogP contribution in [-0.4, -0.2) is 74.9 Å². The Hall–Kier alpha value is -5.41. The Morgan fingerprint density at radius 1 is 0.323 bits per heavy atom. The van der Waals surface area contributed by atoms with Crippen molar-refractivity contribution in [3.63, 3.8) is 0 Å². The fourth-order valence-corrected chi connectivity index (χ4v) is 10.4. The Labute approximate surface area is 589 Å². The van der Waals surface area contributed by atoms with Gasteiger partial charge in [-0.1, -0.05) is 317 Å². The number of carbonyl (C=O) groups is 2. The fraction of sp³-hybridized carbons (Fsp3) is 0.581. The number of ether oxygens (including phenoxy) is 2. The van der Waals surface area contributed by atoms with Crippen LogP contribution in [0.25, 0.3) is 0 Å². The summed E-state index contributed by atoms with van der Waals surface area (Å²) in [5.41, 5.74) is 0. The zero-order valence-electron chi connectivity index (χ0n) is 61.5. The van der Waals surface area contributed by atoms with E-state index in [0.717, 1.165) is 148 Å². The molecule has 10 heteroatoms. The lowest BCUT2D eigenvalue weighted by atomic mass is 10.0. The van der Waals surface area contributed by atoms with Gasteiger partial charge < -0.3 is 18.9 Å². The maximum Gasteiger partial charge on any atom is 0.472 e. The van der Waals surface area contributed by atoms with Gasteiger partial charge in [0.2, 0.25) is 0 Å². The topological polar surface area (TPSA) is 108 Å². The number of rotatable bonds is 67. The van der Waals surface area contributed by atoms with Gasteiger partial charge in [-0.2, -0.15) is 0 Å². The van der Waals surface area contributed by atoms with E-state index in [1.165, 1.54) is 89.9 Å². The molecule has 0 aliphatic rings. The average molecular weight is 1350 g/mol. The highest BCUT2D eigenvalue weighted by molar-refractivity contribution is 7.47. The maximum absolute atomic E-state index is 12.9. The Bertz CT molecular complexity index is 2380. The minimum Gasteiger partial charge on any atom is -0.462 e. The second-order valence-corrected chi connectivity index (χ2v) is 27.0. The number of esters is 2. The zero-order valence-corrected chi connectivity index (χ0v) is 62.4. The van der Waals surface area contributed by atoms with Gasteiger partial charge in [0.1, 0.15) is 19.8 Å². The number of allylic oxidation sites excluding steroid dienone is 34. The predicted molar refractivity (Wildman–Crippen MR) is 417 cm³/mol. The summed E-state index contributed by atoms with van der Waals surface area (Å²) in [5, 5.41) is 0. The van der Waals surface area contributed by atoms with Crippen molar-refractivity contribution in [3.8, 4) is 0 Å². The lowest BCUT2D eigenvalue weighted by Crippen LogP contribution is -2.37. The molecule has 96 heavy (non-hydrogen) atoms. The van der Waals surface area contributed by atoms with E-state index >= 15 is 0 Å². The minimum atomic E-state index is -4.42. The van der Waals surface area contributed by atoms with Crippen LogP contribution in [0, 0.1) is 0 Å². The highest BCUT2D eigenvalue weighted by Gasteiger charge is 2.27. The van der Waals surface area contributed by atoms with Gasteiger partial charge in [0, 0.05) is 12.8 Å². The van der Waals surface area contributed by atoms with Gasteiger partial charge in [-0.15, -0.1) is 0 Å². The number of quaternary nitrogens is 1. The Morgan fingerprint density at radius 2 is 0.562 bits per heavy atom. The number of hydrogen-bond donors (Lipinski definition) is 1. The van der Waals surface area contributed by atoms with E-state index in [4.69, 9.17) is 18.5 Å². The first-order valence-electron chi connectivity index (χ1n) is 37.8. The minimum absolute atomic E-state index is 0.0147. The molecule has 0 amide bonds. The van der Waals surface area contributed by atoms with Crippen LogP contribution in [0.15, 0.2) is 207 Å². The van der Waals surface area contributed by atoms with Gasteiger partial charge in [0.25, 0.3) is 0 Å². The molecule has 0 saturated carbocycles. The third-order valence-electron chi connectivity index (χ3n) is 15.3. The summed E-state index contributed by atoms with van der Waals surface area (Å²) >= 11 is 0. The van der Waals surface area contributed by atoms with Crippen molar-refractivity contribution in [1.29, 1.82) is 0 Å². The van der Waals surface area contributed by atoms with Gasteiger partial charge >= 0.3 is 19.8 Å². The average Bonchev–Trinajstić information content (AvgIpc) is 2.72. The molecule has 0 bridgehead atoms. The molecule has 9 nitrogen and oxygen atoms in total. The lowest BCUT2D eigenvalue weighted by molar-refractivity contribution is -0.870. The highest BCUT2D eigenvalue weighted by Crippen LogP contribution is 2.43. The molecule has 0 rings (SSSR count). The van der Waals surface area contributed by atoms with Crippen molar-refractivity contribution >= 4 is 19.8 Å². The molecular weight excluding hydrogens is 1210 g/mol. The van der Waals surface area contributed by atoms with Crippen molar-refractivity contribution in [2.75, 3.05) is 47.5 Å². The van der Waals surface area contributed by atoms with Crippen LogP contribution in [0.3, 0.4) is 0 Å². The third kappa shape index (κ3) is 77.6. The van der Waals surface area contributed by atoms with E-state index in [0.29, 0.717) is 17.4 Å². The van der Waals surface area contributed by atoms with Crippen molar-refractivity contribution < 1.29 is 42.1 Å². The quantitative estimate of drug-likeness (QED) is 0.0211. The van der Waals surface area contributed by atoms with Crippen LogP contribution in [0.5, 0.6) is 0 Å². The second-order valence-electron chi connectivity index (χ2n) is 25.6. The molecule has 0 radical (unpaired) electrons. The SMILES string of the molecule is CC/C=C\C/C=C\C/C=C\C/C=C\C/C=C\C/C=C\C/C=C\C/C=C\C/C=C\C/C=C\C/C=C\CCCCCC(=O)OC(COC(=O)CCCCCCCCCCCCCCCCCC/C=C\C/C=C\C/C=C\C/C=C\C/C=C\C/C=C\CC)COP(=O)(O)OCC[N+](C)(C)C. The molecule has 2 unspecified atom stereocenters. The van der Waals surface area contributed by atoms with Crippen LogP contribution in [-0.2, 0) is 32.7 Å². The highest BCUT2D eigenvalue weighted by atomic mass is 31.2. The van der Waals surface area contributed by atoms with Gasteiger partial charge in [-0.3, -0.25) is 18.6 Å². The summed E-state index contributed by atoms with van der Waals surface area (Å²) < 4.78 is 34.7. The molecule has 0 fully saturated rings. The molecule has 0 aromatic heterocycles. The van der Waals surface area contributed by atoms with Crippen LogP contribution in [0.1, 0.15) is 271 Å². The van der Waals surface area contributed by atoms with Crippen LogP contribution < -0.4 is 0 Å². The summed E-state index contributed by atoms with van der Waals surface area (Å²) in [6.45, 7) is 4.15. The second kappa shape index (κ2) is 73.8. The summed E-state index contributed by atoms with van der Waals surface area (Å²) in [6, 6.07) is 0. The number of hydrogen-bond acceptors (Lipinski definition) is 7. The first-order chi connectivity index (χ1) is 47.0. The van der Waals surface area contributed by atoms with Crippen molar-refractivity contribution in [1.82, 2.24) is 0 Å². The van der Waals surface area contributed by atoms with E-state index in [1.807, 2.05) is 21.1 Å². The molecule has 2 atom stereocenters. The van der Waals surface area contributed by atoms with Crippen LogP contribution in [0.4, 0.5) is 0 Å². The number of phosphoric acid groups is 1. The number of unbranched alkanes of at least 4 members (excludes halogenated alkanes) is 19. The summed E-state index contributed by atoms with van der Waals surface area (Å²) in [4.78, 5) is 35.9. The van der Waals surface area contributed by atoms with E-state index in [1.54, 1.807) is 0 Å². The summed E-state index contributed by atoms with van der Waals surface area (Å²) in [7, 11) is 1.43. The van der Waals surface area contributed by atoms with E-state index in [2.05, 4.69) is 220 Å². The lowest BCUT2D eigenvalue weighted by Gasteiger charge is -2.24. The molecule has 0 aromatic rings. The van der Waals surface area contributed by atoms with Gasteiger partial charge in [-0.05, 0) is 148 Å². The predicted octanol–water partition coefficient (Wildman–Crippen LogP) is 25.4. The monoisotopic (exact) mass is 1350 g/mol. The molecule has 1 N–H and O–H groups in total. The first-order valence-corrected chi connectivity index (χ1v) is 39.3. The Balaban J connectivity index is 4.15. The van der Waals surface area contributed by atoms with Gasteiger partial charge in [-0.25, -0.2) is 4.57 Å². The standard InChI is InChI=1S/C86H138NO8P/c1-6-8-10-12-14-16-18-20-22-24-26-28-30-32-34-36-38-40-42-43-45-47-49-51-53-55-57-59-61-63-65-67-69-71-73-75-77-79-86(89)95-84(83-94-96(90,91)93-81-80-87(3,4)5)82-92-85(88)78-76-74-72-70-68-66-64-62-60-58-56-54-52-50-48-46-44-41-39-37-35-33-31-29-27-25-23-21-19-17-15-13-11-9-7-2/h8-11,14-17,20-23,26-29,32-35,38-41,43,45,49,51,55,57,61,63,67,69,84H,6-7,12-13,18-19,24-25,30-31,36-37,42,44,46-48,50,52-54,56,58-60,62,64-66,68,70-83H2,1-5H3/p+1/b10-8-,11-9-,16-14-,17-15-,22-20-,23-21-,28-26-,29-27-,34-32-,35-33-,40-38-,41-39-,45-43-,51-49-,57-55-,63-61-,69-67-. The Kier molecular flexibility index (Phi) is 69.7. The molecule has 0 spiro atoms. The van der Waals surface area contributed by atoms with Crippen LogP contribution >= 0.6 is 7.82 Å².